The average molecular weight is 288 g/mol. The summed E-state index contributed by atoms with van der Waals surface area (Å²) >= 11 is 0. The normalized spacial score (nSPS) is 11.5. The predicted molar refractivity (Wildman–Crippen MR) is 82.8 cm³/mol. The van der Waals surface area contributed by atoms with E-state index >= 15 is 0 Å². The lowest BCUT2D eigenvalue weighted by atomic mass is 10.0. The van der Waals surface area contributed by atoms with E-state index in [4.69, 9.17) is 5.84 Å². The summed E-state index contributed by atoms with van der Waals surface area (Å²) in [7, 11) is 1.64. The highest BCUT2D eigenvalue weighted by Crippen LogP contribution is 2.24. The van der Waals surface area contributed by atoms with Crippen molar-refractivity contribution in [3.63, 3.8) is 0 Å². The third-order valence-corrected chi connectivity index (χ3v) is 3.69. The number of hydrazine groups is 1. The van der Waals surface area contributed by atoms with Crippen LogP contribution in [0.1, 0.15) is 24.3 Å². The molecule has 1 heterocycles. The van der Waals surface area contributed by atoms with E-state index in [0.717, 1.165) is 5.39 Å². The minimum atomic E-state index is -0.666. The number of benzene rings is 1. The maximum absolute atomic E-state index is 12.5. The van der Waals surface area contributed by atoms with E-state index in [0.29, 0.717) is 11.2 Å². The first-order chi connectivity index (χ1) is 9.90. The molecule has 0 aliphatic carbocycles. The van der Waals surface area contributed by atoms with Crippen LogP contribution in [0.25, 0.3) is 10.9 Å². The lowest BCUT2D eigenvalue weighted by Gasteiger charge is -2.33. The Kier molecular flexibility index (Phi) is 4.11. The summed E-state index contributed by atoms with van der Waals surface area (Å²) in [5.74, 6) is 5.26. The molecule has 2 rings (SSSR count). The van der Waals surface area contributed by atoms with Crippen molar-refractivity contribution >= 4 is 22.5 Å². The first-order valence-corrected chi connectivity index (χ1v) is 6.66. The van der Waals surface area contributed by atoms with Gasteiger partial charge in [0.1, 0.15) is 5.69 Å². The van der Waals surface area contributed by atoms with Gasteiger partial charge in [0.15, 0.2) is 0 Å². The summed E-state index contributed by atoms with van der Waals surface area (Å²) < 4.78 is 0. The SMILES string of the molecule is CN(C(=O)c1cc(NN)c2ccccc2n1)C(C)(C)CO. The zero-order valence-electron chi connectivity index (χ0n) is 12.4. The van der Waals surface area contributed by atoms with Crippen molar-refractivity contribution < 1.29 is 9.90 Å². The molecular formula is C15H20N4O2. The van der Waals surface area contributed by atoms with E-state index in [2.05, 4.69) is 10.4 Å². The molecule has 1 aromatic heterocycles. The number of aromatic nitrogens is 1. The fraction of sp³-hybridized carbons (Fsp3) is 0.333. The number of amides is 1. The number of anilines is 1. The standard InChI is InChI=1S/C15H20N4O2/c1-15(2,9-20)19(3)14(21)13-8-12(18-16)10-6-4-5-7-11(10)17-13/h4-8,20H,9,16H2,1-3H3,(H,17,18). The number of pyridine rings is 1. The zero-order chi connectivity index (χ0) is 15.6. The van der Waals surface area contributed by atoms with E-state index in [1.54, 1.807) is 27.0 Å². The summed E-state index contributed by atoms with van der Waals surface area (Å²) in [6.45, 7) is 3.44. The smallest absolute Gasteiger partial charge is 0.272 e. The molecule has 1 amide bonds. The van der Waals surface area contributed by atoms with Gasteiger partial charge in [-0.05, 0) is 26.0 Å². The van der Waals surface area contributed by atoms with Crippen LogP contribution in [0.3, 0.4) is 0 Å². The number of para-hydroxylation sites is 1. The quantitative estimate of drug-likeness (QED) is 0.583. The number of nitrogens with zero attached hydrogens (tertiary/aromatic N) is 2. The van der Waals surface area contributed by atoms with Gasteiger partial charge in [-0.15, -0.1) is 0 Å². The first-order valence-electron chi connectivity index (χ1n) is 6.66. The number of likely N-dealkylation sites (N-methyl/N-ethyl adjacent to an activating group) is 1. The second kappa shape index (κ2) is 5.67. The Morgan fingerprint density at radius 2 is 2.10 bits per heavy atom. The van der Waals surface area contributed by atoms with Gasteiger partial charge in [0.25, 0.3) is 5.91 Å². The number of nitrogens with one attached hydrogen (secondary N) is 1. The van der Waals surface area contributed by atoms with E-state index in [9.17, 15) is 9.90 Å². The lowest BCUT2D eigenvalue weighted by Crippen LogP contribution is -2.47. The molecular weight excluding hydrogens is 268 g/mol. The van der Waals surface area contributed by atoms with Crippen LogP contribution in [-0.4, -0.2) is 40.1 Å². The summed E-state index contributed by atoms with van der Waals surface area (Å²) in [5, 5.41) is 10.2. The van der Waals surface area contributed by atoms with Crippen LogP contribution >= 0.6 is 0 Å². The van der Waals surface area contributed by atoms with Gasteiger partial charge >= 0.3 is 0 Å². The molecule has 112 valence electrons. The van der Waals surface area contributed by atoms with Gasteiger partial charge in [-0.25, -0.2) is 4.98 Å². The number of carbonyl (C=O) groups excluding carboxylic acids is 1. The van der Waals surface area contributed by atoms with Crippen molar-refractivity contribution in [3.8, 4) is 0 Å². The molecule has 1 aromatic carbocycles. The van der Waals surface area contributed by atoms with Crippen LogP contribution in [0, 0.1) is 0 Å². The third kappa shape index (κ3) is 2.81. The number of carbonyl (C=O) groups is 1. The van der Waals surface area contributed by atoms with Crippen LogP contribution in [0.15, 0.2) is 30.3 Å². The molecule has 0 bridgehead atoms. The first kappa shape index (κ1) is 15.2. The van der Waals surface area contributed by atoms with Crippen LogP contribution < -0.4 is 11.3 Å². The summed E-state index contributed by atoms with van der Waals surface area (Å²) in [5.41, 5.74) is 3.54. The molecule has 4 N–H and O–H groups in total. The Bertz CT molecular complexity index is 670. The Morgan fingerprint density at radius 1 is 1.43 bits per heavy atom. The van der Waals surface area contributed by atoms with Crippen molar-refractivity contribution in [3.05, 3.63) is 36.0 Å². The van der Waals surface area contributed by atoms with Crippen molar-refractivity contribution in [1.82, 2.24) is 9.88 Å². The molecule has 21 heavy (non-hydrogen) atoms. The molecule has 0 aliphatic heterocycles. The van der Waals surface area contributed by atoms with Crippen LogP contribution in [-0.2, 0) is 0 Å². The number of nitrogen functional groups attached to an aromatic ring is 1. The topological polar surface area (TPSA) is 91.5 Å². The van der Waals surface area contributed by atoms with Crippen LogP contribution in [0.5, 0.6) is 0 Å². The summed E-state index contributed by atoms with van der Waals surface area (Å²) in [6.07, 6.45) is 0. The number of nitrogens with two attached hydrogens (primary N) is 1. The second-order valence-corrected chi connectivity index (χ2v) is 5.55. The molecule has 0 unspecified atom stereocenters. The molecule has 2 aromatic rings. The Labute approximate surface area is 123 Å². The van der Waals surface area contributed by atoms with Crippen LogP contribution in [0.2, 0.25) is 0 Å². The molecule has 0 radical (unpaired) electrons. The average Bonchev–Trinajstić information content (AvgIpc) is 2.52. The van der Waals surface area contributed by atoms with Crippen LogP contribution in [0.4, 0.5) is 5.69 Å². The van der Waals surface area contributed by atoms with Crippen molar-refractivity contribution in [2.75, 3.05) is 19.1 Å². The molecule has 6 nitrogen and oxygen atoms in total. The van der Waals surface area contributed by atoms with E-state index < -0.39 is 5.54 Å². The second-order valence-electron chi connectivity index (χ2n) is 5.55. The van der Waals surface area contributed by atoms with E-state index in [1.165, 1.54) is 4.90 Å². The number of aliphatic hydroxyl groups excluding tert-OH is 1. The lowest BCUT2D eigenvalue weighted by molar-refractivity contribution is 0.0468. The summed E-state index contributed by atoms with van der Waals surface area (Å²) in [6, 6.07) is 9.06. The number of fused-ring (bicyclic) bond motifs is 1. The third-order valence-electron chi connectivity index (χ3n) is 3.69. The zero-order valence-corrected chi connectivity index (χ0v) is 12.4. The highest BCUT2D eigenvalue weighted by Gasteiger charge is 2.28. The molecule has 0 fully saturated rings. The Morgan fingerprint density at radius 3 is 2.71 bits per heavy atom. The van der Waals surface area contributed by atoms with Gasteiger partial charge in [0, 0.05) is 12.4 Å². The van der Waals surface area contributed by atoms with Crippen molar-refractivity contribution in [2.45, 2.75) is 19.4 Å². The minimum Gasteiger partial charge on any atom is -0.394 e. The fourth-order valence-corrected chi connectivity index (χ4v) is 1.96. The van der Waals surface area contributed by atoms with Gasteiger partial charge in [0.2, 0.25) is 0 Å². The van der Waals surface area contributed by atoms with Gasteiger partial charge in [-0.3, -0.25) is 10.6 Å². The number of rotatable bonds is 4. The largest absolute Gasteiger partial charge is 0.394 e. The van der Waals surface area contributed by atoms with Crippen molar-refractivity contribution in [1.29, 1.82) is 0 Å². The van der Waals surface area contributed by atoms with E-state index in [1.807, 2.05) is 24.3 Å². The Hall–Kier alpha value is -2.18. The molecule has 0 saturated heterocycles. The minimum absolute atomic E-state index is 0.134. The number of aliphatic hydroxyl groups is 1. The van der Waals surface area contributed by atoms with Gasteiger partial charge in [-0.1, -0.05) is 18.2 Å². The number of hydrogen-bond donors (Lipinski definition) is 3. The predicted octanol–water partition coefficient (Wildman–Crippen LogP) is 1.36. The highest BCUT2D eigenvalue weighted by molar-refractivity contribution is 5.99. The van der Waals surface area contributed by atoms with Gasteiger partial charge in [0.05, 0.1) is 23.3 Å². The molecule has 0 atom stereocenters. The molecule has 6 heteroatoms. The highest BCUT2D eigenvalue weighted by atomic mass is 16.3. The molecule has 0 saturated carbocycles. The number of hydrogen-bond acceptors (Lipinski definition) is 5. The fourth-order valence-electron chi connectivity index (χ4n) is 1.96. The molecule has 0 aliphatic rings. The maximum Gasteiger partial charge on any atom is 0.272 e. The Balaban J connectivity index is 2.49. The van der Waals surface area contributed by atoms with Crippen molar-refractivity contribution in [2.24, 2.45) is 5.84 Å². The molecule has 0 spiro atoms. The monoisotopic (exact) mass is 288 g/mol. The van der Waals surface area contributed by atoms with E-state index in [-0.39, 0.29) is 18.2 Å². The summed E-state index contributed by atoms with van der Waals surface area (Å²) in [4.78, 5) is 18.4. The van der Waals surface area contributed by atoms with Gasteiger partial charge in [-0.2, -0.15) is 0 Å². The van der Waals surface area contributed by atoms with Gasteiger partial charge < -0.3 is 15.4 Å². The maximum atomic E-state index is 12.5.